The van der Waals surface area contributed by atoms with Crippen LogP contribution >= 0.6 is 11.3 Å². The summed E-state index contributed by atoms with van der Waals surface area (Å²) >= 11 is 1.64. The summed E-state index contributed by atoms with van der Waals surface area (Å²) in [6.07, 6.45) is 0.824. The Hall–Kier alpha value is -1.99. The number of nitrogens with zero attached hydrogens (tertiary/aromatic N) is 1. The van der Waals surface area contributed by atoms with E-state index in [2.05, 4.69) is 15.6 Å². The van der Waals surface area contributed by atoms with Crippen LogP contribution in [0.4, 0.5) is 4.79 Å². The molecule has 0 fully saturated rings. The molecule has 7 heteroatoms. The maximum Gasteiger partial charge on any atom is 0.321 e. The van der Waals surface area contributed by atoms with Gasteiger partial charge in [0.25, 0.3) is 5.91 Å². The lowest BCUT2D eigenvalue weighted by Crippen LogP contribution is -3.09. The first-order valence-electron chi connectivity index (χ1n) is 7.74. The number of hydrogen-bond acceptors (Lipinski definition) is 4. The molecule has 0 aliphatic heterocycles. The zero-order valence-corrected chi connectivity index (χ0v) is 14.5. The van der Waals surface area contributed by atoms with E-state index < -0.39 is 6.03 Å². The number of amides is 3. The monoisotopic (exact) mass is 335 g/mol. The van der Waals surface area contributed by atoms with Crippen LogP contribution in [0.15, 0.2) is 24.3 Å². The van der Waals surface area contributed by atoms with Gasteiger partial charge in [0, 0.05) is 6.04 Å². The fourth-order valence-corrected chi connectivity index (χ4v) is 3.20. The average Bonchev–Trinajstić information content (AvgIpc) is 2.88. The molecule has 0 bridgehead atoms. The number of carbonyl (C=O) groups is 2. The second kappa shape index (κ2) is 8.03. The number of fused-ring (bicyclic) bond motifs is 1. The molecule has 0 saturated carbocycles. The van der Waals surface area contributed by atoms with E-state index >= 15 is 0 Å². The number of aromatic nitrogens is 1. The Bertz CT molecular complexity index is 653. The van der Waals surface area contributed by atoms with Crippen LogP contribution in [0.5, 0.6) is 0 Å². The Morgan fingerprint density at radius 2 is 2.09 bits per heavy atom. The number of hydrogen-bond donors (Lipinski definition) is 3. The molecule has 23 heavy (non-hydrogen) atoms. The van der Waals surface area contributed by atoms with Gasteiger partial charge < -0.3 is 10.2 Å². The summed E-state index contributed by atoms with van der Waals surface area (Å²) in [7, 11) is 1.91. The largest absolute Gasteiger partial charge is 0.335 e. The Labute approximate surface area is 139 Å². The average molecular weight is 335 g/mol. The third-order valence-corrected chi connectivity index (χ3v) is 4.53. The van der Waals surface area contributed by atoms with Crippen LogP contribution in [0.3, 0.4) is 0 Å². The van der Waals surface area contributed by atoms with Crippen molar-refractivity contribution in [2.45, 2.75) is 32.9 Å². The number of benzene rings is 1. The summed E-state index contributed by atoms with van der Waals surface area (Å²) in [4.78, 5) is 29.0. The maximum atomic E-state index is 11.9. The molecule has 1 aromatic heterocycles. The highest BCUT2D eigenvalue weighted by atomic mass is 32.1. The first-order valence-corrected chi connectivity index (χ1v) is 8.55. The number of carbonyl (C=O) groups excluding carboxylic acids is 2. The quantitative estimate of drug-likeness (QED) is 0.735. The van der Waals surface area contributed by atoms with Crippen molar-refractivity contribution >= 4 is 33.5 Å². The van der Waals surface area contributed by atoms with Crippen molar-refractivity contribution in [1.29, 1.82) is 0 Å². The summed E-state index contributed by atoms with van der Waals surface area (Å²) in [6, 6.07) is 7.59. The molecular weight excluding hydrogens is 312 g/mol. The highest BCUT2D eigenvalue weighted by molar-refractivity contribution is 7.18. The third kappa shape index (κ3) is 5.30. The van der Waals surface area contributed by atoms with Gasteiger partial charge in [0.05, 0.1) is 17.3 Å². The molecule has 3 amide bonds. The molecule has 1 unspecified atom stereocenters. The van der Waals surface area contributed by atoms with Crippen molar-refractivity contribution < 1.29 is 14.5 Å². The lowest BCUT2D eigenvalue weighted by molar-refractivity contribution is -0.885. The molecule has 0 spiro atoms. The summed E-state index contributed by atoms with van der Waals surface area (Å²) in [5, 5.41) is 6.06. The molecule has 6 nitrogen and oxygen atoms in total. The van der Waals surface area contributed by atoms with Crippen LogP contribution in [0.25, 0.3) is 10.2 Å². The molecule has 0 radical (unpaired) electrons. The van der Waals surface area contributed by atoms with Crippen LogP contribution < -0.4 is 15.5 Å². The van der Waals surface area contributed by atoms with Crippen molar-refractivity contribution in [2.24, 2.45) is 0 Å². The lowest BCUT2D eigenvalue weighted by atomic mass is 10.3. The summed E-state index contributed by atoms with van der Waals surface area (Å²) in [5.41, 5.74) is 0.984. The fraction of sp³-hybridized carbons (Fsp3) is 0.438. The molecule has 124 valence electrons. The number of thiazole rings is 1. The van der Waals surface area contributed by atoms with Crippen molar-refractivity contribution in [1.82, 2.24) is 15.6 Å². The van der Waals surface area contributed by atoms with E-state index in [0.29, 0.717) is 6.54 Å². The number of para-hydroxylation sites is 1. The number of urea groups is 1. The fourth-order valence-electron chi connectivity index (χ4n) is 2.12. The molecule has 2 rings (SSSR count). The van der Waals surface area contributed by atoms with Gasteiger partial charge in [0.1, 0.15) is 11.6 Å². The first-order chi connectivity index (χ1) is 11.0. The maximum absolute atomic E-state index is 11.9. The zero-order valence-electron chi connectivity index (χ0n) is 13.7. The van der Waals surface area contributed by atoms with E-state index in [1.54, 1.807) is 11.3 Å². The minimum Gasteiger partial charge on any atom is -0.335 e. The minimum absolute atomic E-state index is 0.0515. The summed E-state index contributed by atoms with van der Waals surface area (Å²) in [5.74, 6) is -0.288. The predicted octanol–water partition coefficient (Wildman–Crippen LogP) is 0.935. The van der Waals surface area contributed by atoms with Crippen LogP contribution in [0, 0.1) is 0 Å². The van der Waals surface area contributed by atoms with Crippen molar-refractivity contribution in [3.63, 3.8) is 0 Å². The van der Waals surface area contributed by atoms with Crippen LogP contribution in [-0.4, -0.2) is 36.6 Å². The van der Waals surface area contributed by atoms with E-state index in [0.717, 1.165) is 26.5 Å². The highest BCUT2D eigenvalue weighted by Crippen LogP contribution is 2.20. The van der Waals surface area contributed by atoms with Crippen LogP contribution in [-0.2, 0) is 11.3 Å². The summed E-state index contributed by atoms with van der Waals surface area (Å²) in [6.45, 7) is 4.75. The SMILES string of the molecule is CC[C@@H](C)NC(=O)NC(=O)C[NH+](C)Cc1nc2ccccc2s1. The van der Waals surface area contributed by atoms with E-state index in [-0.39, 0.29) is 18.5 Å². The molecule has 0 saturated heterocycles. The van der Waals surface area contributed by atoms with Gasteiger partial charge in [-0.3, -0.25) is 10.1 Å². The van der Waals surface area contributed by atoms with Crippen LogP contribution in [0.1, 0.15) is 25.3 Å². The van der Waals surface area contributed by atoms with Crippen LogP contribution in [0.2, 0.25) is 0 Å². The topological polar surface area (TPSA) is 75.5 Å². The number of rotatable bonds is 6. The van der Waals surface area contributed by atoms with E-state index in [1.165, 1.54) is 0 Å². The van der Waals surface area contributed by atoms with Gasteiger partial charge in [-0.1, -0.05) is 19.1 Å². The molecule has 3 N–H and O–H groups in total. The second-order valence-electron chi connectivity index (χ2n) is 5.72. The van der Waals surface area contributed by atoms with Gasteiger partial charge in [0.15, 0.2) is 6.54 Å². The number of quaternary nitrogens is 1. The van der Waals surface area contributed by atoms with Crippen molar-refractivity contribution in [2.75, 3.05) is 13.6 Å². The molecule has 2 aromatic rings. The second-order valence-corrected chi connectivity index (χ2v) is 6.83. The Morgan fingerprint density at radius 3 is 2.78 bits per heavy atom. The zero-order chi connectivity index (χ0) is 16.8. The number of nitrogens with one attached hydrogen (secondary N) is 3. The molecular formula is C16H23N4O2S+. The molecule has 1 heterocycles. The third-order valence-electron chi connectivity index (χ3n) is 3.50. The first kappa shape index (κ1) is 17.4. The summed E-state index contributed by atoms with van der Waals surface area (Å²) < 4.78 is 1.15. The van der Waals surface area contributed by atoms with E-state index in [9.17, 15) is 9.59 Å². The smallest absolute Gasteiger partial charge is 0.321 e. The minimum atomic E-state index is -0.433. The van der Waals surface area contributed by atoms with Gasteiger partial charge in [-0.15, -0.1) is 11.3 Å². The highest BCUT2D eigenvalue weighted by Gasteiger charge is 2.16. The Morgan fingerprint density at radius 1 is 1.35 bits per heavy atom. The molecule has 0 aliphatic rings. The lowest BCUT2D eigenvalue weighted by Gasteiger charge is -2.14. The van der Waals surface area contributed by atoms with Gasteiger partial charge in [0.2, 0.25) is 0 Å². The predicted molar refractivity (Wildman–Crippen MR) is 91.5 cm³/mol. The number of likely N-dealkylation sites (N-methyl/N-ethyl adjacent to an activating group) is 1. The Balaban J connectivity index is 1.82. The van der Waals surface area contributed by atoms with E-state index in [1.807, 2.05) is 45.2 Å². The van der Waals surface area contributed by atoms with Gasteiger partial charge >= 0.3 is 6.03 Å². The van der Waals surface area contributed by atoms with Gasteiger partial charge in [-0.2, -0.15) is 0 Å². The van der Waals surface area contributed by atoms with Crippen molar-refractivity contribution in [3.8, 4) is 0 Å². The molecule has 1 aromatic carbocycles. The van der Waals surface area contributed by atoms with Gasteiger partial charge in [-0.05, 0) is 25.5 Å². The molecule has 0 aliphatic carbocycles. The molecule has 2 atom stereocenters. The normalized spacial score (nSPS) is 13.5. The Kier molecular flexibility index (Phi) is 6.06. The standard InChI is InChI=1S/C16H22N4O2S/c1-4-11(2)17-16(22)19-14(21)9-20(3)10-15-18-12-7-5-6-8-13(12)23-15/h5-8,11H,4,9-10H2,1-3H3,(H2,17,19,21,22)/p+1/t11-/m1/s1. The van der Waals surface area contributed by atoms with Crippen molar-refractivity contribution in [3.05, 3.63) is 29.3 Å². The number of imide groups is 1. The van der Waals surface area contributed by atoms with E-state index in [4.69, 9.17) is 0 Å². The van der Waals surface area contributed by atoms with Gasteiger partial charge in [-0.25, -0.2) is 9.78 Å².